The van der Waals surface area contributed by atoms with Gasteiger partial charge < -0.3 is 0 Å². The Kier molecular flexibility index (Phi) is 7.08. The lowest BCUT2D eigenvalue weighted by Crippen LogP contribution is -2.68. The number of allylic oxidation sites excluding steroid dienone is 3. The third-order valence-electron chi connectivity index (χ3n) is 8.65. The molecular formula is C40H38N2+2. The molecule has 0 unspecified atom stereocenters. The summed E-state index contributed by atoms with van der Waals surface area (Å²) in [6, 6.07) is 34.9. The van der Waals surface area contributed by atoms with E-state index in [2.05, 4.69) is 172 Å². The predicted molar refractivity (Wildman–Crippen MR) is 176 cm³/mol. The van der Waals surface area contributed by atoms with Gasteiger partial charge in [0.2, 0.25) is 12.4 Å². The molecule has 2 nitrogen and oxygen atoms in total. The fourth-order valence-electron chi connectivity index (χ4n) is 6.64. The van der Waals surface area contributed by atoms with Crippen LogP contribution in [0.4, 0.5) is 0 Å². The molecule has 0 N–H and O–H groups in total. The van der Waals surface area contributed by atoms with E-state index in [0.29, 0.717) is 0 Å². The second kappa shape index (κ2) is 10.9. The van der Waals surface area contributed by atoms with Crippen LogP contribution >= 0.6 is 0 Å². The molecule has 0 aliphatic heterocycles. The summed E-state index contributed by atoms with van der Waals surface area (Å²) in [5, 5.41) is 0. The van der Waals surface area contributed by atoms with Crippen LogP contribution in [0.1, 0.15) is 61.2 Å². The molecule has 0 saturated carbocycles. The highest BCUT2D eigenvalue weighted by Crippen LogP contribution is 2.52. The molecule has 0 spiro atoms. The van der Waals surface area contributed by atoms with E-state index in [1.807, 2.05) is 6.08 Å². The summed E-state index contributed by atoms with van der Waals surface area (Å²) in [5.74, 6) is 0. The Morgan fingerprint density at radius 1 is 0.690 bits per heavy atom. The molecule has 5 aromatic rings. The fourth-order valence-corrected chi connectivity index (χ4v) is 6.64. The smallest absolute Gasteiger partial charge is 0.0984 e. The van der Waals surface area contributed by atoms with Crippen molar-refractivity contribution in [3.8, 4) is 22.4 Å². The number of pyridine rings is 2. The molecule has 0 bridgehead atoms. The van der Waals surface area contributed by atoms with Gasteiger partial charge in [-0.15, -0.1) is 0 Å². The van der Waals surface area contributed by atoms with E-state index in [9.17, 15) is 0 Å². The zero-order valence-electron chi connectivity index (χ0n) is 25.2. The van der Waals surface area contributed by atoms with Crippen LogP contribution in [-0.2, 0) is 5.41 Å². The topological polar surface area (TPSA) is 7.76 Å². The second-order valence-corrected chi connectivity index (χ2v) is 11.6. The number of benzene rings is 3. The van der Waals surface area contributed by atoms with Crippen molar-refractivity contribution >= 4 is 23.3 Å². The first kappa shape index (κ1) is 27.4. The number of aryl methyl sites for hydroxylation is 1. The highest BCUT2D eigenvalue weighted by atomic mass is 15.4. The third kappa shape index (κ3) is 4.54. The average molecular weight is 547 g/mol. The van der Waals surface area contributed by atoms with Crippen LogP contribution in [0.2, 0.25) is 0 Å². The quantitative estimate of drug-likeness (QED) is 0.188. The average Bonchev–Trinajstić information content (AvgIpc) is 3.20. The molecule has 3 aromatic carbocycles. The van der Waals surface area contributed by atoms with Crippen LogP contribution in [0.3, 0.4) is 0 Å². The molecule has 0 saturated heterocycles. The van der Waals surface area contributed by atoms with Crippen LogP contribution < -0.4 is 9.35 Å². The lowest BCUT2D eigenvalue weighted by molar-refractivity contribution is -1.29. The van der Waals surface area contributed by atoms with Crippen LogP contribution in [-0.4, -0.2) is 0 Å². The van der Waals surface area contributed by atoms with E-state index in [1.165, 1.54) is 55.7 Å². The minimum atomic E-state index is -0.115. The van der Waals surface area contributed by atoms with Gasteiger partial charge in [-0.05, 0) is 83.0 Å². The summed E-state index contributed by atoms with van der Waals surface area (Å²) >= 11 is 0. The standard InChI is InChI=1S/C40H38N2/c1-7-16-33-26-32(31-18-10-9-11-19-31)22-24-41(33)42-23-15-14-21-38(42)35-27-36-29(4)39(34-20-13-12-17-30(34)8-2)40(5,6)37(36)25-28(35)3/h7-27H,2H2,1,3-6H3/q+2/b16-7+. The number of fused-ring (bicyclic) bond motifs is 1. The van der Waals surface area contributed by atoms with Gasteiger partial charge in [0.15, 0.2) is 0 Å². The monoisotopic (exact) mass is 546 g/mol. The Bertz CT molecular complexity index is 1890. The van der Waals surface area contributed by atoms with E-state index >= 15 is 0 Å². The predicted octanol–water partition coefficient (Wildman–Crippen LogP) is 9.11. The molecule has 42 heavy (non-hydrogen) atoms. The van der Waals surface area contributed by atoms with E-state index in [4.69, 9.17) is 0 Å². The van der Waals surface area contributed by atoms with Gasteiger partial charge in [0.05, 0.1) is 14.9 Å². The molecule has 0 amide bonds. The lowest BCUT2D eigenvalue weighted by Gasteiger charge is -2.27. The van der Waals surface area contributed by atoms with Gasteiger partial charge in [-0.1, -0.05) is 93.2 Å². The molecule has 0 radical (unpaired) electrons. The molecule has 2 heterocycles. The van der Waals surface area contributed by atoms with Crippen LogP contribution in [0.15, 0.2) is 122 Å². The Labute approximate surface area is 250 Å². The number of hydrogen-bond donors (Lipinski definition) is 0. The normalized spacial score (nSPS) is 13.9. The van der Waals surface area contributed by atoms with Crippen molar-refractivity contribution < 1.29 is 9.35 Å². The summed E-state index contributed by atoms with van der Waals surface area (Å²) in [6.45, 7) is 15.4. The van der Waals surface area contributed by atoms with Crippen molar-refractivity contribution in [3.63, 3.8) is 0 Å². The van der Waals surface area contributed by atoms with Crippen molar-refractivity contribution in [1.82, 2.24) is 0 Å². The van der Waals surface area contributed by atoms with Crippen molar-refractivity contribution in [2.75, 3.05) is 0 Å². The summed E-state index contributed by atoms with van der Waals surface area (Å²) in [5.41, 5.74) is 14.9. The Balaban J connectivity index is 1.53. The Morgan fingerprint density at radius 3 is 2.19 bits per heavy atom. The zero-order valence-corrected chi connectivity index (χ0v) is 25.2. The van der Waals surface area contributed by atoms with Gasteiger partial charge in [0.1, 0.15) is 0 Å². The highest BCUT2D eigenvalue weighted by molar-refractivity contribution is 6.02. The minimum Gasteiger partial charge on any atom is -0.0984 e. The minimum absolute atomic E-state index is 0.115. The summed E-state index contributed by atoms with van der Waals surface area (Å²) in [4.78, 5) is 0. The first-order valence-electron chi connectivity index (χ1n) is 14.7. The van der Waals surface area contributed by atoms with Crippen molar-refractivity contribution in [1.29, 1.82) is 0 Å². The molecular weight excluding hydrogens is 508 g/mol. The molecule has 2 aromatic heterocycles. The van der Waals surface area contributed by atoms with Crippen molar-refractivity contribution in [3.05, 3.63) is 156 Å². The summed E-state index contributed by atoms with van der Waals surface area (Å²) < 4.78 is 4.48. The third-order valence-corrected chi connectivity index (χ3v) is 8.65. The van der Waals surface area contributed by atoms with Gasteiger partial charge in [-0.2, -0.15) is 0 Å². The van der Waals surface area contributed by atoms with E-state index in [-0.39, 0.29) is 5.41 Å². The summed E-state index contributed by atoms with van der Waals surface area (Å²) in [7, 11) is 0. The van der Waals surface area contributed by atoms with Gasteiger partial charge in [-0.25, -0.2) is 0 Å². The number of rotatable bonds is 6. The van der Waals surface area contributed by atoms with E-state index < -0.39 is 0 Å². The van der Waals surface area contributed by atoms with E-state index in [1.54, 1.807) is 0 Å². The van der Waals surface area contributed by atoms with Gasteiger partial charge in [-0.3, -0.25) is 0 Å². The van der Waals surface area contributed by atoms with Crippen molar-refractivity contribution in [2.24, 2.45) is 0 Å². The second-order valence-electron chi connectivity index (χ2n) is 11.6. The molecule has 206 valence electrons. The van der Waals surface area contributed by atoms with E-state index in [0.717, 1.165) is 11.4 Å². The van der Waals surface area contributed by atoms with Crippen molar-refractivity contribution in [2.45, 2.75) is 40.0 Å². The Morgan fingerprint density at radius 2 is 1.43 bits per heavy atom. The SMILES string of the molecule is C=Cc1ccccc1C1=C(C)c2cc(-c3cccc[n+]3-[n+]3ccc(-c4ccccc4)cc3/C=C/C)c(C)cc2C1(C)C. The molecule has 1 aliphatic carbocycles. The van der Waals surface area contributed by atoms with Gasteiger partial charge in [0.25, 0.3) is 11.4 Å². The number of hydrogen-bond acceptors (Lipinski definition) is 0. The number of aromatic nitrogens is 2. The van der Waals surface area contributed by atoms with Crippen LogP contribution in [0.25, 0.3) is 45.7 Å². The molecule has 0 fully saturated rings. The lowest BCUT2D eigenvalue weighted by atomic mass is 9.76. The molecule has 0 atom stereocenters. The molecule has 1 aliphatic rings. The zero-order chi connectivity index (χ0) is 29.4. The molecule has 2 heteroatoms. The first-order chi connectivity index (χ1) is 20.3. The van der Waals surface area contributed by atoms with Crippen LogP contribution in [0, 0.1) is 6.92 Å². The summed E-state index contributed by atoms with van der Waals surface area (Å²) in [6.07, 6.45) is 10.6. The fraction of sp³-hybridized carbons (Fsp3) is 0.150. The maximum atomic E-state index is 4.10. The largest absolute Gasteiger partial charge is 0.284 e. The van der Waals surface area contributed by atoms with Crippen LogP contribution in [0.5, 0.6) is 0 Å². The highest BCUT2D eigenvalue weighted by Gasteiger charge is 2.39. The van der Waals surface area contributed by atoms with Gasteiger partial charge >= 0.3 is 0 Å². The maximum absolute atomic E-state index is 4.10. The Hall–Kier alpha value is -4.82. The first-order valence-corrected chi connectivity index (χ1v) is 14.7. The van der Waals surface area contributed by atoms with Gasteiger partial charge in [0, 0.05) is 35.8 Å². The maximum Gasteiger partial charge on any atom is 0.284 e. The molecule has 6 rings (SSSR count). The number of nitrogens with zero attached hydrogens (tertiary/aromatic N) is 2.